The maximum Gasteiger partial charge on any atom is 0.132 e. The van der Waals surface area contributed by atoms with Crippen LogP contribution in [0.1, 0.15) is 13.3 Å². The Kier molecular flexibility index (Phi) is 3.12. The highest BCUT2D eigenvalue weighted by Gasteiger charge is 1.99. The minimum atomic E-state index is -0.660. The summed E-state index contributed by atoms with van der Waals surface area (Å²) in [5.74, 6) is -0.0163. The van der Waals surface area contributed by atoms with E-state index in [1.54, 1.807) is 0 Å². The lowest BCUT2D eigenvalue weighted by atomic mass is 10.2. The van der Waals surface area contributed by atoms with Gasteiger partial charge in [-0.15, -0.1) is 6.58 Å². The van der Waals surface area contributed by atoms with Gasteiger partial charge >= 0.3 is 0 Å². The third-order valence-electron chi connectivity index (χ3n) is 0.769. The van der Waals surface area contributed by atoms with Gasteiger partial charge in [0.2, 0.25) is 0 Å². The lowest BCUT2D eigenvalue weighted by Gasteiger charge is -1.97. The highest BCUT2D eigenvalue weighted by atomic mass is 16.3. The van der Waals surface area contributed by atoms with E-state index >= 15 is 0 Å². The minimum Gasteiger partial charge on any atom is -0.389 e. The Labute approximate surface area is 48.8 Å². The molecule has 0 aliphatic rings. The van der Waals surface area contributed by atoms with Crippen LogP contribution in [0.15, 0.2) is 12.7 Å². The fraction of sp³-hybridized carbons (Fsp3) is 0.500. The van der Waals surface area contributed by atoms with Crippen molar-refractivity contribution in [3.8, 4) is 0 Å². The van der Waals surface area contributed by atoms with E-state index in [1.807, 2.05) is 0 Å². The Hall–Kier alpha value is -0.630. The second-order valence-corrected chi connectivity index (χ2v) is 1.71. The average molecular weight is 114 g/mol. The molecule has 0 aromatic heterocycles. The molecule has 0 fully saturated rings. The summed E-state index contributed by atoms with van der Waals surface area (Å²) in [6.07, 6.45) is 0.873. The van der Waals surface area contributed by atoms with Crippen molar-refractivity contribution >= 4 is 5.78 Å². The lowest BCUT2D eigenvalue weighted by Crippen LogP contribution is -2.06. The van der Waals surface area contributed by atoms with Crippen LogP contribution >= 0.6 is 0 Å². The number of carbonyl (C=O) groups excluding carboxylic acids is 1. The number of rotatable bonds is 3. The molecule has 0 amide bonds. The molecule has 1 unspecified atom stereocenters. The maximum atomic E-state index is 10.2. The number of Topliss-reactive ketones (excluding diaryl/α,β-unsaturated/α-hetero) is 1. The van der Waals surface area contributed by atoms with Gasteiger partial charge in [-0.25, -0.2) is 0 Å². The third kappa shape index (κ3) is 3.56. The SMILES string of the molecule is C=CC(O)CC(C)=O. The van der Waals surface area contributed by atoms with Crippen LogP contribution in [0.4, 0.5) is 0 Å². The summed E-state index contributed by atoms with van der Waals surface area (Å²) in [4.78, 5) is 10.2. The highest BCUT2D eigenvalue weighted by molar-refractivity contribution is 5.76. The zero-order valence-electron chi connectivity index (χ0n) is 4.92. The summed E-state index contributed by atoms with van der Waals surface area (Å²) in [5.41, 5.74) is 0. The Morgan fingerprint density at radius 1 is 2.00 bits per heavy atom. The quantitative estimate of drug-likeness (QED) is 0.543. The molecule has 0 aromatic carbocycles. The molecule has 0 heterocycles. The number of aliphatic hydroxyl groups excluding tert-OH is 1. The van der Waals surface area contributed by atoms with Gasteiger partial charge in [0.1, 0.15) is 5.78 Å². The van der Waals surface area contributed by atoms with Crippen LogP contribution in [0, 0.1) is 0 Å². The van der Waals surface area contributed by atoms with Crippen molar-refractivity contribution in [2.24, 2.45) is 0 Å². The number of ketones is 1. The van der Waals surface area contributed by atoms with Gasteiger partial charge in [-0.05, 0) is 6.92 Å². The Morgan fingerprint density at radius 2 is 2.50 bits per heavy atom. The van der Waals surface area contributed by atoms with Gasteiger partial charge in [0.05, 0.1) is 6.10 Å². The van der Waals surface area contributed by atoms with Gasteiger partial charge < -0.3 is 5.11 Å². The molecule has 2 heteroatoms. The van der Waals surface area contributed by atoms with Crippen LogP contribution < -0.4 is 0 Å². The third-order valence-corrected chi connectivity index (χ3v) is 0.769. The number of carbonyl (C=O) groups is 1. The van der Waals surface area contributed by atoms with Crippen LogP contribution in [-0.2, 0) is 4.79 Å². The van der Waals surface area contributed by atoms with Crippen LogP contribution in [-0.4, -0.2) is 17.0 Å². The Morgan fingerprint density at radius 3 is 2.62 bits per heavy atom. The summed E-state index contributed by atoms with van der Waals surface area (Å²) >= 11 is 0. The maximum absolute atomic E-state index is 10.2. The molecular formula is C6H10O2. The number of hydrogen-bond donors (Lipinski definition) is 1. The molecule has 1 atom stereocenters. The van der Waals surface area contributed by atoms with Crippen molar-refractivity contribution in [2.75, 3.05) is 0 Å². The predicted molar refractivity (Wildman–Crippen MR) is 31.5 cm³/mol. The molecular weight excluding hydrogens is 104 g/mol. The molecule has 46 valence electrons. The molecule has 0 saturated heterocycles. The van der Waals surface area contributed by atoms with E-state index in [0.29, 0.717) is 0 Å². The molecule has 0 aliphatic heterocycles. The van der Waals surface area contributed by atoms with Crippen molar-refractivity contribution in [2.45, 2.75) is 19.4 Å². The summed E-state index contributed by atoms with van der Waals surface area (Å²) in [7, 11) is 0. The molecule has 0 rings (SSSR count). The molecule has 2 nitrogen and oxygen atoms in total. The standard InChI is InChI=1S/C6H10O2/c1-3-6(8)4-5(2)7/h3,6,8H,1,4H2,2H3. The minimum absolute atomic E-state index is 0.0163. The largest absolute Gasteiger partial charge is 0.389 e. The number of aliphatic hydroxyl groups is 1. The van der Waals surface area contributed by atoms with Gasteiger partial charge in [0.15, 0.2) is 0 Å². The molecule has 0 aliphatic carbocycles. The number of hydrogen-bond acceptors (Lipinski definition) is 2. The molecule has 8 heavy (non-hydrogen) atoms. The second kappa shape index (κ2) is 3.38. The van der Waals surface area contributed by atoms with Crippen molar-refractivity contribution in [1.29, 1.82) is 0 Å². The molecule has 0 spiro atoms. The van der Waals surface area contributed by atoms with E-state index in [2.05, 4.69) is 6.58 Å². The zero-order valence-corrected chi connectivity index (χ0v) is 4.92. The van der Waals surface area contributed by atoms with Crippen molar-refractivity contribution < 1.29 is 9.90 Å². The smallest absolute Gasteiger partial charge is 0.132 e. The van der Waals surface area contributed by atoms with E-state index in [-0.39, 0.29) is 12.2 Å². The van der Waals surface area contributed by atoms with E-state index in [4.69, 9.17) is 5.11 Å². The Balaban J connectivity index is 3.38. The summed E-state index contributed by atoms with van der Waals surface area (Å²) in [6, 6.07) is 0. The zero-order chi connectivity index (χ0) is 6.57. The topological polar surface area (TPSA) is 37.3 Å². The van der Waals surface area contributed by atoms with Gasteiger partial charge in [-0.3, -0.25) is 4.79 Å². The van der Waals surface area contributed by atoms with E-state index < -0.39 is 6.10 Å². The lowest BCUT2D eigenvalue weighted by molar-refractivity contribution is -0.118. The fourth-order valence-corrected chi connectivity index (χ4v) is 0.378. The Bertz CT molecular complexity index is 96.7. The van der Waals surface area contributed by atoms with Crippen LogP contribution in [0.3, 0.4) is 0 Å². The van der Waals surface area contributed by atoms with E-state index in [1.165, 1.54) is 13.0 Å². The molecule has 0 bridgehead atoms. The van der Waals surface area contributed by atoms with Gasteiger partial charge in [0.25, 0.3) is 0 Å². The van der Waals surface area contributed by atoms with Gasteiger partial charge in [-0.2, -0.15) is 0 Å². The van der Waals surface area contributed by atoms with E-state index in [0.717, 1.165) is 0 Å². The summed E-state index contributed by atoms with van der Waals surface area (Å²) < 4.78 is 0. The first-order valence-corrected chi connectivity index (χ1v) is 2.47. The van der Waals surface area contributed by atoms with Gasteiger partial charge in [0, 0.05) is 6.42 Å². The monoisotopic (exact) mass is 114 g/mol. The van der Waals surface area contributed by atoms with E-state index in [9.17, 15) is 4.79 Å². The van der Waals surface area contributed by atoms with Gasteiger partial charge in [-0.1, -0.05) is 6.08 Å². The average Bonchev–Trinajstić information content (AvgIpc) is 1.65. The van der Waals surface area contributed by atoms with Crippen LogP contribution in [0.5, 0.6) is 0 Å². The summed E-state index contributed by atoms with van der Waals surface area (Å²) in [5, 5.41) is 8.69. The first-order chi connectivity index (χ1) is 3.66. The van der Waals surface area contributed by atoms with Crippen molar-refractivity contribution in [3.05, 3.63) is 12.7 Å². The predicted octanol–water partition coefficient (Wildman–Crippen LogP) is 0.512. The molecule has 0 radical (unpaired) electrons. The first kappa shape index (κ1) is 7.37. The van der Waals surface area contributed by atoms with Crippen LogP contribution in [0.2, 0.25) is 0 Å². The van der Waals surface area contributed by atoms with Crippen molar-refractivity contribution in [1.82, 2.24) is 0 Å². The molecule has 1 N–H and O–H groups in total. The van der Waals surface area contributed by atoms with Crippen molar-refractivity contribution in [3.63, 3.8) is 0 Å². The highest BCUT2D eigenvalue weighted by Crippen LogP contribution is 1.91. The normalized spacial score (nSPS) is 12.8. The second-order valence-electron chi connectivity index (χ2n) is 1.71. The van der Waals surface area contributed by atoms with Crippen LogP contribution in [0.25, 0.3) is 0 Å². The molecule has 0 saturated carbocycles. The fourth-order valence-electron chi connectivity index (χ4n) is 0.378. The molecule has 0 aromatic rings. The summed E-state index contributed by atoms with van der Waals surface area (Å²) in [6.45, 7) is 4.75. The first-order valence-electron chi connectivity index (χ1n) is 2.47.